The second kappa shape index (κ2) is 14.7. The molecule has 0 bridgehead atoms. The molecule has 9 nitrogen and oxygen atoms in total. The maximum absolute atomic E-state index is 13.9. The molecule has 1 unspecified atom stereocenters. The fraction of sp³-hybridized carbons (Fsp3) is 0.419. The average molecular weight is 583 g/mol. The molecule has 2 aromatic carbocycles. The Hall–Kier alpha value is -3.76. The zero-order chi connectivity index (χ0) is 29.2. The van der Waals surface area contributed by atoms with E-state index in [9.17, 15) is 9.59 Å². The van der Waals surface area contributed by atoms with Gasteiger partial charge in [0.15, 0.2) is 11.5 Å². The molecule has 3 aromatic rings. The monoisotopic (exact) mass is 582 g/mol. The molecule has 0 spiro atoms. The Balaban J connectivity index is 1.55. The number of thiophene rings is 1. The van der Waals surface area contributed by atoms with Gasteiger partial charge in [-0.25, -0.2) is 0 Å². The Morgan fingerprint density at radius 2 is 1.68 bits per heavy atom. The summed E-state index contributed by atoms with van der Waals surface area (Å²) in [5.41, 5.74) is 1.41. The van der Waals surface area contributed by atoms with Gasteiger partial charge in [-0.3, -0.25) is 9.59 Å². The van der Waals surface area contributed by atoms with Gasteiger partial charge in [0.25, 0.3) is 5.91 Å². The summed E-state index contributed by atoms with van der Waals surface area (Å²) in [4.78, 5) is 32.2. The van der Waals surface area contributed by atoms with Gasteiger partial charge in [0.05, 0.1) is 41.1 Å². The highest BCUT2D eigenvalue weighted by Gasteiger charge is 2.28. The van der Waals surface area contributed by atoms with Gasteiger partial charge in [-0.2, -0.15) is 0 Å². The van der Waals surface area contributed by atoms with Crippen molar-refractivity contribution in [2.75, 3.05) is 54.7 Å². The minimum absolute atomic E-state index is 0.0739. The second-order valence-corrected chi connectivity index (χ2v) is 10.8. The van der Waals surface area contributed by atoms with E-state index in [0.29, 0.717) is 61.2 Å². The normalized spacial score (nSPS) is 14.4. The number of hydrogen-bond donors (Lipinski definition) is 0. The highest BCUT2D eigenvalue weighted by Crippen LogP contribution is 2.28. The van der Waals surface area contributed by atoms with Gasteiger partial charge >= 0.3 is 0 Å². The van der Waals surface area contributed by atoms with Crippen molar-refractivity contribution in [1.82, 2.24) is 9.80 Å². The molecule has 0 N–H and O–H groups in total. The van der Waals surface area contributed by atoms with Gasteiger partial charge in [-0.15, -0.1) is 11.3 Å². The lowest BCUT2D eigenvalue weighted by molar-refractivity contribution is -0.132. The number of rotatable bonds is 14. The average Bonchev–Trinajstić information content (AvgIpc) is 3.72. The van der Waals surface area contributed by atoms with E-state index in [4.69, 9.17) is 23.7 Å². The number of nitrogens with zero attached hydrogens (tertiary/aromatic N) is 2. The van der Waals surface area contributed by atoms with Crippen LogP contribution in [-0.2, 0) is 22.5 Å². The molecule has 1 atom stereocenters. The lowest BCUT2D eigenvalue weighted by Crippen LogP contribution is -2.45. The topological polar surface area (TPSA) is 86.8 Å². The van der Waals surface area contributed by atoms with Crippen molar-refractivity contribution < 1.29 is 33.3 Å². The van der Waals surface area contributed by atoms with Crippen LogP contribution in [0.1, 0.15) is 33.6 Å². The first-order chi connectivity index (χ1) is 19.9. The standard InChI is InChI=1S/C31H38N2O7S/c1-36-25-16-23(17-26(18-25)37-2)31(35)33(19-24-7-5-13-40-24)21-30(34)32(20-27-8-6-14-41-27)12-11-22-9-10-28(38-3)29(15-22)39-4/h6,8-10,14-18,24H,5,7,11-13,19-21H2,1-4H3. The van der Waals surface area contributed by atoms with E-state index in [1.807, 2.05) is 40.6 Å². The minimum Gasteiger partial charge on any atom is -0.497 e. The van der Waals surface area contributed by atoms with E-state index in [-0.39, 0.29) is 24.5 Å². The summed E-state index contributed by atoms with van der Waals surface area (Å²) in [7, 11) is 6.28. The van der Waals surface area contributed by atoms with Crippen molar-refractivity contribution >= 4 is 23.2 Å². The molecular formula is C31H38N2O7S. The Morgan fingerprint density at radius 1 is 0.927 bits per heavy atom. The third-order valence-corrected chi connectivity index (χ3v) is 7.92. The van der Waals surface area contributed by atoms with Crippen molar-refractivity contribution in [2.24, 2.45) is 0 Å². The summed E-state index contributed by atoms with van der Waals surface area (Å²) in [5, 5.41) is 2.00. The maximum atomic E-state index is 13.9. The van der Waals surface area contributed by atoms with Gasteiger partial charge in [0.1, 0.15) is 18.0 Å². The largest absolute Gasteiger partial charge is 0.497 e. The van der Waals surface area contributed by atoms with Crippen molar-refractivity contribution in [3.05, 3.63) is 69.9 Å². The van der Waals surface area contributed by atoms with Gasteiger partial charge in [0.2, 0.25) is 5.91 Å². The lowest BCUT2D eigenvalue weighted by atomic mass is 10.1. The van der Waals surface area contributed by atoms with Gasteiger partial charge in [0, 0.05) is 36.2 Å². The number of carbonyl (C=O) groups excluding carboxylic acids is 2. The minimum atomic E-state index is -0.276. The number of amides is 2. The lowest BCUT2D eigenvalue weighted by Gasteiger charge is -2.29. The quantitative estimate of drug-likeness (QED) is 0.273. The smallest absolute Gasteiger partial charge is 0.254 e. The van der Waals surface area contributed by atoms with Crippen LogP contribution in [0.4, 0.5) is 0 Å². The summed E-state index contributed by atoms with van der Waals surface area (Å²) in [5.74, 6) is 1.89. The highest BCUT2D eigenvalue weighted by molar-refractivity contribution is 7.09. The van der Waals surface area contributed by atoms with E-state index < -0.39 is 0 Å². The molecule has 2 amide bonds. The summed E-state index contributed by atoms with van der Waals surface area (Å²) in [6.45, 7) is 1.84. The van der Waals surface area contributed by atoms with Crippen LogP contribution in [0, 0.1) is 0 Å². The van der Waals surface area contributed by atoms with Crippen molar-refractivity contribution in [3.8, 4) is 23.0 Å². The number of methoxy groups -OCH3 is 4. The molecule has 2 heterocycles. The fourth-order valence-electron chi connectivity index (χ4n) is 4.81. The first kappa shape index (κ1) is 30.2. The summed E-state index contributed by atoms with van der Waals surface area (Å²) >= 11 is 1.60. The molecule has 0 saturated carbocycles. The van der Waals surface area contributed by atoms with Crippen LogP contribution in [-0.4, -0.2) is 82.4 Å². The third-order valence-electron chi connectivity index (χ3n) is 7.06. The Labute approximate surface area is 245 Å². The molecule has 1 aromatic heterocycles. The molecule has 10 heteroatoms. The predicted molar refractivity (Wildman–Crippen MR) is 157 cm³/mol. The van der Waals surface area contributed by atoms with Crippen molar-refractivity contribution in [2.45, 2.75) is 31.9 Å². The van der Waals surface area contributed by atoms with Crippen LogP contribution in [0.3, 0.4) is 0 Å². The Morgan fingerprint density at radius 3 is 2.29 bits per heavy atom. The number of hydrogen-bond acceptors (Lipinski definition) is 8. The van der Waals surface area contributed by atoms with Crippen molar-refractivity contribution in [3.63, 3.8) is 0 Å². The molecule has 0 radical (unpaired) electrons. The molecule has 220 valence electrons. The molecule has 1 fully saturated rings. The third kappa shape index (κ3) is 8.14. The van der Waals surface area contributed by atoms with Crippen LogP contribution >= 0.6 is 11.3 Å². The molecule has 1 aliphatic rings. The number of benzene rings is 2. The second-order valence-electron chi connectivity index (χ2n) is 9.76. The number of ether oxygens (including phenoxy) is 5. The van der Waals surface area contributed by atoms with Crippen LogP contribution < -0.4 is 18.9 Å². The Kier molecular flexibility index (Phi) is 10.9. The fourth-order valence-corrected chi connectivity index (χ4v) is 5.53. The molecule has 41 heavy (non-hydrogen) atoms. The van der Waals surface area contributed by atoms with Crippen LogP contribution in [0.5, 0.6) is 23.0 Å². The number of carbonyl (C=O) groups is 2. The van der Waals surface area contributed by atoms with E-state index in [1.54, 1.807) is 48.7 Å². The van der Waals surface area contributed by atoms with E-state index in [2.05, 4.69) is 0 Å². The van der Waals surface area contributed by atoms with E-state index in [1.165, 1.54) is 14.2 Å². The van der Waals surface area contributed by atoms with Gasteiger partial charge in [-0.05, 0) is 60.5 Å². The molecule has 4 rings (SSSR count). The highest BCUT2D eigenvalue weighted by atomic mass is 32.1. The predicted octanol–water partition coefficient (Wildman–Crippen LogP) is 4.68. The Bertz CT molecular complexity index is 1270. The van der Waals surface area contributed by atoms with Crippen LogP contribution in [0.2, 0.25) is 0 Å². The SMILES string of the molecule is COc1cc(OC)cc(C(=O)N(CC(=O)N(CCc2ccc(OC)c(OC)c2)Cc2cccs2)CC2CCCO2)c1. The molecular weight excluding hydrogens is 544 g/mol. The zero-order valence-electron chi connectivity index (χ0n) is 24.1. The van der Waals surface area contributed by atoms with Crippen LogP contribution in [0.25, 0.3) is 0 Å². The first-order valence-corrected chi connectivity index (χ1v) is 14.5. The van der Waals surface area contributed by atoms with E-state index in [0.717, 1.165) is 23.3 Å². The maximum Gasteiger partial charge on any atom is 0.254 e. The molecule has 1 aliphatic heterocycles. The van der Waals surface area contributed by atoms with Crippen molar-refractivity contribution in [1.29, 1.82) is 0 Å². The van der Waals surface area contributed by atoms with Gasteiger partial charge < -0.3 is 33.5 Å². The first-order valence-electron chi connectivity index (χ1n) is 13.6. The molecule has 1 saturated heterocycles. The summed E-state index contributed by atoms with van der Waals surface area (Å²) in [6, 6.07) is 14.8. The zero-order valence-corrected chi connectivity index (χ0v) is 24.9. The summed E-state index contributed by atoms with van der Waals surface area (Å²) < 4.78 is 27.4. The van der Waals surface area contributed by atoms with Gasteiger partial charge in [-0.1, -0.05) is 12.1 Å². The van der Waals surface area contributed by atoms with Crippen LogP contribution in [0.15, 0.2) is 53.9 Å². The van der Waals surface area contributed by atoms with E-state index >= 15 is 0 Å². The molecule has 0 aliphatic carbocycles. The summed E-state index contributed by atoms with van der Waals surface area (Å²) in [6.07, 6.45) is 2.28.